The maximum atomic E-state index is 5.82. The molecule has 1 aromatic rings. The predicted molar refractivity (Wildman–Crippen MR) is 72.2 cm³/mol. The average Bonchev–Trinajstić information content (AvgIpc) is 2.52. The van der Waals surface area contributed by atoms with Gasteiger partial charge in [0, 0.05) is 23.2 Å². The van der Waals surface area contributed by atoms with Crippen molar-refractivity contribution in [3.05, 3.63) is 28.2 Å². The van der Waals surface area contributed by atoms with E-state index in [0.717, 1.165) is 16.7 Å². The summed E-state index contributed by atoms with van der Waals surface area (Å²) in [7, 11) is 0. The third-order valence-corrected chi connectivity index (χ3v) is 3.99. The number of hydrogen-bond donors (Lipinski definition) is 1. The number of halogens is 1. The van der Waals surface area contributed by atoms with E-state index in [1.54, 1.807) is 0 Å². The number of likely N-dealkylation sites (tertiary alicyclic amines) is 1. The number of nitrogen functional groups attached to an aromatic ring is 1. The van der Waals surface area contributed by atoms with Gasteiger partial charge in [-0.2, -0.15) is 0 Å². The third-order valence-electron chi connectivity index (χ3n) is 3.22. The second kappa shape index (κ2) is 4.38. The molecule has 16 heavy (non-hydrogen) atoms. The molecular formula is C13H19BrN2. The highest BCUT2D eigenvalue weighted by molar-refractivity contribution is 9.10. The molecule has 1 saturated heterocycles. The molecule has 0 aromatic heterocycles. The van der Waals surface area contributed by atoms with Crippen molar-refractivity contribution in [2.45, 2.75) is 26.8 Å². The summed E-state index contributed by atoms with van der Waals surface area (Å²) in [4.78, 5) is 2.50. The van der Waals surface area contributed by atoms with Gasteiger partial charge in [-0.15, -0.1) is 0 Å². The van der Waals surface area contributed by atoms with Crippen LogP contribution in [0.3, 0.4) is 0 Å². The van der Waals surface area contributed by atoms with Gasteiger partial charge in [0.05, 0.1) is 0 Å². The molecule has 1 fully saturated rings. The van der Waals surface area contributed by atoms with Gasteiger partial charge in [0.25, 0.3) is 0 Å². The Labute approximate surface area is 106 Å². The smallest absolute Gasteiger partial charge is 0.0318 e. The molecule has 0 unspecified atom stereocenters. The van der Waals surface area contributed by atoms with E-state index in [1.165, 1.54) is 25.1 Å². The normalized spacial score (nSPS) is 20.2. The summed E-state index contributed by atoms with van der Waals surface area (Å²) in [6.45, 7) is 8.03. The van der Waals surface area contributed by atoms with Crippen LogP contribution >= 0.6 is 15.9 Å². The molecule has 88 valence electrons. The van der Waals surface area contributed by atoms with Gasteiger partial charge in [-0.05, 0) is 42.1 Å². The minimum Gasteiger partial charge on any atom is -0.399 e. The Bertz CT molecular complexity index is 388. The second-order valence-electron chi connectivity index (χ2n) is 5.48. The number of anilines is 1. The first-order valence-corrected chi connectivity index (χ1v) is 6.52. The van der Waals surface area contributed by atoms with Crippen LogP contribution in [0.25, 0.3) is 0 Å². The van der Waals surface area contributed by atoms with Crippen molar-refractivity contribution in [1.82, 2.24) is 4.90 Å². The topological polar surface area (TPSA) is 29.3 Å². The molecule has 0 radical (unpaired) electrons. The van der Waals surface area contributed by atoms with Crippen molar-refractivity contribution in [2.24, 2.45) is 5.41 Å². The fraction of sp³-hybridized carbons (Fsp3) is 0.538. The molecule has 0 spiro atoms. The molecule has 2 rings (SSSR count). The van der Waals surface area contributed by atoms with Crippen LogP contribution < -0.4 is 5.73 Å². The van der Waals surface area contributed by atoms with Crippen molar-refractivity contribution in [3.8, 4) is 0 Å². The van der Waals surface area contributed by atoms with Gasteiger partial charge < -0.3 is 5.73 Å². The Morgan fingerprint density at radius 3 is 2.81 bits per heavy atom. The number of rotatable bonds is 2. The number of nitrogens with zero attached hydrogens (tertiary/aromatic N) is 1. The van der Waals surface area contributed by atoms with Crippen LogP contribution in [0, 0.1) is 5.41 Å². The highest BCUT2D eigenvalue weighted by Crippen LogP contribution is 2.31. The first-order chi connectivity index (χ1) is 7.46. The maximum absolute atomic E-state index is 5.82. The van der Waals surface area contributed by atoms with Crippen molar-refractivity contribution in [1.29, 1.82) is 0 Å². The lowest BCUT2D eigenvalue weighted by Crippen LogP contribution is -2.23. The molecule has 0 atom stereocenters. The summed E-state index contributed by atoms with van der Waals surface area (Å²) in [5.41, 5.74) is 8.41. The largest absolute Gasteiger partial charge is 0.399 e. The minimum atomic E-state index is 0.465. The van der Waals surface area contributed by atoms with Crippen LogP contribution in [0.2, 0.25) is 0 Å². The molecule has 2 nitrogen and oxygen atoms in total. The fourth-order valence-electron chi connectivity index (χ4n) is 2.32. The molecule has 0 saturated carbocycles. The first kappa shape index (κ1) is 11.9. The summed E-state index contributed by atoms with van der Waals surface area (Å²) in [5, 5.41) is 0. The summed E-state index contributed by atoms with van der Waals surface area (Å²) in [5.74, 6) is 0. The van der Waals surface area contributed by atoms with Gasteiger partial charge in [-0.3, -0.25) is 4.90 Å². The number of hydrogen-bond acceptors (Lipinski definition) is 2. The van der Waals surface area contributed by atoms with Gasteiger partial charge in [-0.1, -0.05) is 29.8 Å². The Kier molecular flexibility index (Phi) is 3.27. The first-order valence-electron chi connectivity index (χ1n) is 5.73. The lowest BCUT2D eigenvalue weighted by atomic mass is 9.93. The Hall–Kier alpha value is -0.540. The Morgan fingerprint density at radius 1 is 1.44 bits per heavy atom. The second-order valence-corrected chi connectivity index (χ2v) is 6.33. The van der Waals surface area contributed by atoms with Gasteiger partial charge in [0.1, 0.15) is 0 Å². The molecule has 0 bridgehead atoms. The average molecular weight is 283 g/mol. The van der Waals surface area contributed by atoms with Crippen LogP contribution in [0.1, 0.15) is 25.8 Å². The zero-order valence-corrected chi connectivity index (χ0v) is 11.5. The highest BCUT2D eigenvalue weighted by atomic mass is 79.9. The maximum Gasteiger partial charge on any atom is 0.0318 e. The van der Waals surface area contributed by atoms with Crippen LogP contribution in [-0.4, -0.2) is 18.0 Å². The van der Waals surface area contributed by atoms with E-state index in [-0.39, 0.29) is 0 Å². The van der Waals surface area contributed by atoms with E-state index >= 15 is 0 Å². The zero-order chi connectivity index (χ0) is 11.8. The third kappa shape index (κ3) is 2.77. The van der Waals surface area contributed by atoms with Gasteiger partial charge in [-0.25, -0.2) is 0 Å². The van der Waals surface area contributed by atoms with Crippen LogP contribution in [0.5, 0.6) is 0 Å². The molecule has 0 aliphatic carbocycles. The molecule has 1 heterocycles. The van der Waals surface area contributed by atoms with E-state index in [4.69, 9.17) is 5.73 Å². The molecule has 0 amide bonds. The monoisotopic (exact) mass is 282 g/mol. The highest BCUT2D eigenvalue weighted by Gasteiger charge is 2.29. The molecule has 2 N–H and O–H groups in total. The van der Waals surface area contributed by atoms with Crippen LogP contribution in [-0.2, 0) is 6.54 Å². The van der Waals surface area contributed by atoms with Crippen LogP contribution in [0.4, 0.5) is 5.69 Å². The van der Waals surface area contributed by atoms with E-state index < -0.39 is 0 Å². The van der Waals surface area contributed by atoms with Crippen molar-refractivity contribution < 1.29 is 0 Å². The minimum absolute atomic E-state index is 0.465. The lowest BCUT2D eigenvalue weighted by molar-refractivity contribution is 0.284. The van der Waals surface area contributed by atoms with Crippen molar-refractivity contribution >= 4 is 21.6 Å². The standard InChI is InChI=1S/C13H19BrN2/c1-13(2)5-6-16(9-13)8-10-7-11(15)3-4-12(10)14/h3-4,7H,5-6,8-9,15H2,1-2H3. The predicted octanol–water partition coefficient (Wildman–Crippen LogP) is 3.26. The van der Waals surface area contributed by atoms with E-state index in [2.05, 4.69) is 40.7 Å². The lowest BCUT2D eigenvalue weighted by Gasteiger charge is -2.20. The van der Waals surface area contributed by atoms with Crippen molar-refractivity contribution in [2.75, 3.05) is 18.8 Å². The summed E-state index contributed by atoms with van der Waals surface area (Å²) in [6, 6.07) is 6.03. The molecular weight excluding hydrogens is 264 g/mol. The van der Waals surface area contributed by atoms with E-state index in [0.29, 0.717) is 5.41 Å². The van der Waals surface area contributed by atoms with Gasteiger partial charge in [0.15, 0.2) is 0 Å². The Balaban J connectivity index is 2.07. The van der Waals surface area contributed by atoms with Gasteiger partial charge >= 0.3 is 0 Å². The molecule has 3 heteroatoms. The number of nitrogens with two attached hydrogens (primary N) is 1. The van der Waals surface area contributed by atoms with E-state index in [1.807, 2.05) is 12.1 Å². The van der Waals surface area contributed by atoms with E-state index in [9.17, 15) is 0 Å². The van der Waals surface area contributed by atoms with Crippen molar-refractivity contribution in [3.63, 3.8) is 0 Å². The van der Waals surface area contributed by atoms with Crippen LogP contribution in [0.15, 0.2) is 22.7 Å². The summed E-state index contributed by atoms with van der Waals surface area (Å²) in [6.07, 6.45) is 1.28. The molecule has 1 aromatic carbocycles. The summed E-state index contributed by atoms with van der Waals surface area (Å²) < 4.78 is 1.16. The fourth-order valence-corrected chi connectivity index (χ4v) is 2.69. The molecule has 1 aliphatic heterocycles. The molecule has 1 aliphatic rings. The Morgan fingerprint density at radius 2 is 2.19 bits per heavy atom. The summed E-state index contributed by atoms with van der Waals surface area (Å²) >= 11 is 3.58. The van der Waals surface area contributed by atoms with Gasteiger partial charge in [0.2, 0.25) is 0 Å². The SMILES string of the molecule is CC1(C)CCN(Cc2cc(N)ccc2Br)C1. The zero-order valence-electron chi connectivity index (χ0n) is 9.96. The number of benzene rings is 1. The quantitative estimate of drug-likeness (QED) is 0.844.